The van der Waals surface area contributed by atoms with Crippen molar-refractivity contribution in [3.8, 4) is 11.5 Å². The number of hydrogen-bond acceptors (Lipinski definition) is 4. The molecule has 1 N–H and O–H groups in total. The predicted molar refractivity (Wildman–Crippen MR) is 136 cm³/mol. The van der Waals surface area contributed by atoms with Crippen molar-refractivity contribution in [1.29, 1.82) is 0 Å². The lowest BCUT2D eigenvalue weighted by atomic mass is 9.96. The van der Waals surface area contributed by atoms with Gasteiger partial charge in [0.2, 0.25) is 0 Å². The van der Waals surface area contributed by atoms with Crippen molar-refractivity contribution in [3.05, 3.63) is 93.5 Å². The van der Waals surface area contributed by atoms with Gasteiger partial charge in [-0.05, 0) is 54.8 Å². The van der Waals surface area contributed by atoms with Crippen LogP contribution in [0.3, 0.4) is 0 Å². The van der Waals surface area contributed by atoms with Crippen LogP contribution in [-0.2, 0) is 6.61 Å². The van der Waals surface area contributed by atoms with E-state index in [1.807, 2.05) is 43.3 Å². The minimum absolute atomic E-state index is 0.0292. The Morgan fingerprint density at radius 1 is 0.909 bits per heavy atom. The summed E-state index contributed by atoms with van der Waals surface area (Å²) in [6.07, 6.45) is 1.07. The second-order valence-electron chi connectivity index (χ2n) is 8.10. The molecule has 1 atom stereocenters. The molecule has 4 nitrogen and oxygen atoms in total. The van der Waals surface area contributed by atoms with Gasteiger partial charge in [0.1, 0.15) is 6.61 Å². The fourth-order valence-corrected chi connectivity index (χ4v) is 4.67. The molecular weight excluding hydrogens is 455 g/mol. The largest absolute Gasteiger partial charge is 0.490 e. The SMILES string of the molecule is CCOc1cc(C(c2cccc(Cl)c2Cl)N2CCCNCC2)ccc1OCc1ccccc1. The molecule has 174 valence electrons. The second-order valence-corrected chi connectivity index (χ2v) is 8.88. The fraction of sp³-hybridized carbons (Fsp3) is 0.333. The molecule has 6 heteroatoms. The minimum atomic E-state index is -0.0292. The summed E-state index contributed by atoms with van der Waals surface area (Å²) in [6, 6.07) is 22.2. The summed E-state index contributed by atoms with van der Waals surface area (Å²) in [4.78, 5) is 2.47. The number of nitrogens with one attached hydrogen (secondary N) is 1. The molecule has 33 heavy (non-hydrogen) atoms. The third-order valence-corrected chi connectivity index (χ3v) is 6.67. The van der Waals surface area contributed by atoms with E-state index in [0.29, 0.717) is 23.3 Å². The Bertz CT molecular complexity index is 1040. The highest BCUT2D eigenvalue weighted by Gasteiger charge is 2.27. The zero-order chi connectivity index (χ0) is 23.0. The third kappa shape index (κ3) is 6.01. The molecule has 0 radical (unpaired) electrons. The van der Waals surface area contributed by atoms with Crippen molar-refractivity contribution < 1.29 is 9.47 Å². The van der Waals surface area contributed by atoms with Crippen LogP contribution < -0.4 is 14.8 Å². The van der Waals surface area contributed by atoms with Crippen molar-refractivity contribution in [2.75, 3.05) is 32.8 Å². The maximum Gasteiger partial charge on any atom is 0.161 e. The van der Waals surface area contributed by atoms with Crippen molar-refractivity contribution >= 4 is 23.2 Å². The van der Waals surface area contributed by atoms with E-state index in [1.165, 1.54) is 0 Å². The summed E-state index contributed by atoms with van der Waals surface area (Å²) in [5, 5.41) is 4.66. The maximum atomic E-state index is 6.72. The van der Waals surface area contributed by atoms with Crippen molar-refractivity contribution in [1.82, 2.24) is 10.2 Å². The zero-order valence-electron chi connectivity index (χ0n) is 18.9. The van der Waals surface area contributed by atoms with Gasteiger partial charge in [0.15, 0.2) is 11.5 Å². The topological polar surface area (TPSA) is 33.7 Å². The first-order chi connectivity index (χ1) is 16.2. The molecule has 1 heterocycles. The summed E-state index contributed by atoms with van der Waals surface area (Å²) in [7, 11) is 0. The van der Waals surface area contributed by atoms with Crippen LogP contribution in [0.15, 0.2) is 66.7 Å². The summed E-state index contributed by atoms with van der Waals surface area (Å²) < 4.78 is 12.1. The Morgan fingerprint density at radius 2 is 1.76 bits per heavy atom. The first-order valence-electron chi connectivity index (χ1n) is 11.5. The van der Waals surface area contributed by atoms with Crippen molar-refractivity contribution in [3.63, 3.8) is 0 Å². The fourth-order valence-electron chi connectivity index (χ4n) is 4.26. The standard InChI is InChI=1S/C27H30Cl2N2O2/c1-2-32-25-18-21(12-13-24(25)33-19-20-8-4-3-5-9-20)27(31-16-7-14-30-15-17-31)22-10-6-11-23(28)26(22)29/h3-6,8-13,18,27,30H,2,7,14-17,19H2,1H3. The van der Waals surface area contributed by atoms with Gasteiger partial charge < -0.3 is 14.8 Å². The molecule has 4 rings (SSSR count). The van der Waals surface area contributed by atoms with Gasteiger partial charge >= 0.3 is 0 Å². The second kappa shape index (κ2) is 11.8. The molecule has 1 unspecified atom stereocenters. The Balaban J connectivity index is 1.69. The first-order valence-corrected chi connectivity index (χ1v) is 12.2. The van der Waals surface area contributed by atoms with Crippen LogP contribution >= 0.6 is 23.2 Å². The molecular formula is C27H30Cl2N2O2. The molecule has 3 aromatic rings. The van der Waals surface area contributed by atoms with Crippen molar-refractivity contribution in [2.24, 2.45) is 0 Å². The van der Waals surface area contributed by atoms with E-state index in [1.54, 1.807) is 0 Å². The monoisotopic (exact) mass is 484 g/mol. The van der Waals surface area contributed by atoms with E-state index < -0.39 is 0 Å². The van der Waals surface area contributed by atoms with Crippen LogP contribution in [0.25, 0.3) is 0 Å². The number of hydrogen-bond donors (Lipinski definition) is 1. The van der Waals surface area contributed by atoms with E-state index >= 15 is 0 Å². The quantitative estimate of drug-likeness (QED) is 0.403. The van der Waals surface area contributed by atoms with Crippen LogP contribution in [0.2, 0.25) is 10.0 Å². The van der Waals surface area contributed by atoms with E-state index in [-0.39, 0.29) is 6.04 Å². The Hall–Kier alpha value is -2.24. The number of ether oxygens (including phenoxy) is 2. The highest BCUT2D eigenvalue weighted by Crippen LogP contribution is 2.40. The van der Waals surface area contributed by atoms with Gasteiger partial charge in [0.05, 0.1) is 22.7 Å². The Labute approximate surface area is 206 Å². The predicted octanol–water partition coefficient (Wildman–Crippen LogP) is 6.36. The third-order valence-electron chi connectivity index (χ3n) is 5.84. The van der Waals surface area contributed by atoms with E-state index in [4.69, 9.17) is 32.7 Å². The van der Waals surface area contributed by atoms with Crippen LogP contribution in [0.5, 0.6) is 11.5 Å². The molecule has 0 aromatic heterocycles. The molecule has 1 fully saturated rings. The van der Waals surface area contributed by atoms with E-state index in [9.17, 15) is 0 Å². The molecule has 0 spiro atoms. The van der Waals surface area contributed by atoms with Crippen LogP contribution in [-0.4, -0.2) is 37.7 Å². The summed E-state index contributed by atoms with van der Waals surface area (Å²) >= 11 is 13.1. The van der Waals surface area contributed by atoms with Crippen LogP contribution in [0.4, 0.5) is 0 Å². The molecule has 0 amide bonds. The van der Waals surface area contributed by atoms with Gasteiger partial charge in [0, 0.05) is 19.6 Å². The van der Waals surface area contributed by atoms with E-state index in [2.05, 4.69) is 40.5 Å². The Kier molecular flexibility index (Phi) is 8.51. The van der Waals surface area contributed by atoms with Crippen LogP contribution in [0.1, 0.15) is 36.1 Å². The highest BCUT2D eigenvalue weighted by atomic mass is 35.5. The summed E-state index contributed by atoms with van der Waals surface area (Å²) in [6.45, 7) is 6.87. The molecule has 1 aliphatic heterocycles. The lowest BCUT2D eigenvalue weighted by Gasteiger charge is -2.32. The van der Waals surface area contributed by atoms with Gasteiger partial charge in [0.25, 0.3) is 0 Å². The van der Waals surface area contributed by atoms with Gasteiger partial charge in [-0.1, -0.05) is 71.7 Å². The van der Waals surface area contributed by atoms with Crippen molar-refractivity contribution in [2.45, 2.75) is 26.0 Å². The molecule has 0 aliphatic carbocycles. The molecule has 0 bridgehead atoms. The normalized spacial score (nSPS) is 15.6. The van der Waals surface area contributed by atoms with Gasteiger partial charge in [-0.2, -0.15) is 0 Å². The van der Waals surface area contributed by atoms with Crippen LogP contribution in [0, 0.1) is 0 Å². The average Bonchev–Trinajstić information content (AvgIpc) is 3.12. The lowest BCUT2D eigenvalue weighted by molar-refractivity contribution is 0.238. The highest BCUT2D eigenvalue weighted by molar-refractivity contribution is 6.42. The molecule has 3 aromatic carbocycles. The molecule has 0 saturated carbocycles. The zero-order valence-corrected chi connectivity index (χ0v) is 20.4. The number of benzene rings is 3. The number of rotatable bonds is 8. The minimum Gasteiger partial charge on any atom is -0.490 e. The smallest absolute Gasteiger partial charge is 0.161 e. The van der Waals surface area contributed by atoms with Gasteiger partial charge in [-0.15, -0.1) is 0 Å². The summed E-state index contributed by atoms with van der Waals surface area (Å²) in [5.41, 5.74) is 3.23. The molecule has 1 saturated heterocycles. The number of nitrogens with zero attached hydrogens (tertiary/aromatic N) is 1. The molecule has 1 aliphatic rings. The lowest BCUT2D eigenvalue weighted by Crippen LogP contribution is -2.33. The summed E-state index contributed by atoms with van der Waals surface area (Å²) in [5.74, 6) is 1.47. The van der Waals surface area contributed by atoms with Gasteiger partial charge in [-0.3, -0.25) is 4.90 Å². The first kappa shape index (κ1) is 23.9. The number of halogens is 2. The average molecular weight is 485 g/mol. The van der Waals surface area contributed by atoms with Gasteiger partial charge in [-0.25, -0.2) is 0 Å². The maximum absolute atomic E-state index is 6.72. The Morgan fingerprint density at radius 3 is 2.58 bits per heavy atom. The van der Waals surface area contributed by atoms with E-state index in [0.717, 1.165) is 60.8 Å².